The van der Waals surface area contributed by atoms with E-state index in [1.807, 2.05) is 22.9 Å². The summed E-state index contributed by atoms with van der Waals surface area (Å²) in [5, 5.41) is 17.1. The van der Waals surface area contributed by atoms with Crippen LogP contribution in [0, 0.1) is 0 Å². The van der Waals surface area contributed by atoms with Gasteiger partial charge in [-0.1, -0.05) is 6.07 Å². The van der Waals surface area contributed by atoms with Crippen molar-refractivity contribution in [1.82, 2.24) is 14.9 Å². The fourth-order valence-corrected chi connectivity index (χ4v) is 5.07. The van der Waals surface area contributed by atoms with Crippen LogP contribution in [0.3, 0.4) is 0 Å². The van der Waals surface area contributed by atoms with E-state index >= 15 is 0 Å². The van der Waals surface area contributed by atoms with Crippen molar-refractivity contribution in [1.29, 1.82) is 0 Å². The van der Waals surface area contributed by atoms with Crippen molar-refractivity contribution in [2.75, 3.05) is 19.9 Å². The van der Waals surface area contributed by atoms with Crippen molar-refractivity contribution >= 4 is 38.8 Å². The first kappa shape index (κ1) is 21.4. The Morgan fingerprint density at radius 1 is 1.27 bits per heavy atom. The molecular weight excluding hydrogens is 466 g/mol. The Kier molecular flexibility index (Phi) is 5.99. The van der Waals surface area contributed by atoms with Gasteiger partial charge in [-0.25, -0.2) is 4.98 Å². The zero-order valence-electron chi connectivity index (χ0n) is 17.2. The Bertz CT molecular complexity index is 1350. The lowest BCUT2D eigenvalue weighted by molar-refractivity contribution is -0.122. The lowest BCUT2D eigenvalue weighted by Gasteiger charge is -2.14. The van der Waals surface area contributed by atoms with Gasteiger partial charge in [0.2, 0.25) is 12.7 Å². The molecule has 0 bridgehead atoms. The van der Waals surface area contributed by atoms with Crippen molar-refractivity contribution in [2.45, 2.75) is 12.6 Å². The lowest BCUT2D eigenvalue weighted by atomic mass is 10.2. The summed E-state index contributed by atoms with van der Waals surface area (Å²) < 4.78 is 17.4. The molecule has 0 spiro atoms. The molecule has 9 nitrogen and oxygen atoms in total. The number of fused-ring (bicyclic) bond motifs is 2. The number of amides is 1. The first-order valence-corrected chi connectivity index (χ1v) is 11.8. The van der Waals surface area contributed by atoms with Crippen LogP contribution in [0.5, 0.6) is 17.2 Å². The van der Waals surface area contributed by atoms with Crippen LogP contribution in [0.4, 0.5) is 0 Å². The van der Waals surface area contributed by atoms with Crippen molar-refractivity contribution in [3.8, 4) is 27.7 Å². The molecule has 0 aliphatic carbocycles. The topological polar surface area (TPSA) is 112 Å². The maximum absolute atomic E-state index is 13.0. The standard InChI is InChI=1S/C22H19N3O6S2/c26-13(9-29-14-3-4-16-17(6-14)31-12-30-16)7-23-19(27)8-25-11-24-21-20(22(25)28)15(10-33-21)18-2-1-5-32-18/h1-6,10-11,13,26H,7-9,12H2,(H,23,27). The molecule has 11 heteroatoms. The SMILES string of the molecule is O=C(Cn1cnc2scc(-c3cccs3)c2c1=O)NCC(O)COc1ccc2c(c1)OCO2. The lowest BCUT2D eigenvalue weighted by Crippen LogP contribution is -2.38. The van der Waals surface area contributed by atoms with Gasteiger partial charge >= 0.3 is 0 Å². The van der Waals surface area contributed by atoms with Gasteiger partial charge in [-0.15, -0.1) is 22.7 Å². The quantitative estimate of drug-likeness (QED) is 0.394. The third-order valence-electron chi connectivity index (χ3n) is 4.98. The Morgan fingerprint density at radius 3 is 3.00 bits per heavy atom. The molecule has 4 heterocycles. The number of carbonyl (C=O) groups excluding carboxylic acids is 1. The van der Waals surface area contributed by atoms with Crippen LogP contribution in [0.25, 0.3) is 20.7 Å². The minimum atomic E-state index is -0.931. The fraction of sp³-hybridized carbons (Fsp3) is 0.227. The number of nitrogens with one attached hydrogen (secondary N) is 1. The Labute approximate surface area is 195 Å². The number of nitrogens with zero attached hydrogens (tertiary/aromatic N) is 2. The fourth-order valence-electron chi connectivity index (χ4n) is 3.35. The van der Waals surface area contributed by atoms with Crippen molar-refractivity contribution in [3.63, 3.8) is 0 Å². The van der Waals surface area contributed by atoms with Gasteiger partial charge in [0.15, 0.2) is 11.5 Å². The van der Waals surface area contributed by atoms with Crippen LogP contribution in [0.1, 0.15) is 0 Å². The summed E-state index contributed by atoms with van der Waals surface area (Å²) in [4.78, 5) is 31.3. The molecular formula is C22H19N3O6S2. The monoisotopic (exact) mass is 485 g/mol. The minimum absolute atomic E-state index is 0.0211. The van der Waals surface area contributed by atoms with E-state index < -0.39 is 12.0 Å². The average Bonchev–Trinajstić information content (AvgIpc) is 3.58. The normalized spacial score (nSPS) is 13.2. The molecule has 1 aliphatic heterocycles. The van der Waals surface area contributed by atoms with Gasteiger partial charge in [0.25, 0.3) is 5.56 Å². The predicted octanol–water partition coefficient (Wildman–Crippen LogP) is 2.47. The predicted molar refractivity (Wildman–Crippen MR) is 124 cm³/mol. The molecule has 2 N–H and O–H groups in total. The van der Waals surface area contributed by atoms with Gasteiger partial charge in [-0.05, 0) is 23.6 Å². The molecule has 0 saturated heterocycles. The third kappa shape index (κ3) is 4.56. The largest absolute Gasteiger partial charge is 0.491 e. The summed E-state index contributed by atoms with van der Waals surface area (Å²) in [6, 6.07) is 8.99. The highest BCUT2D eigenvalue weighted by atomic mass is 32.1. The zero-order chi connectivity index (χ0) is 22.8. The van der Waals surface area contributed by atoms with E-state index in [9.17, 15) is 14.7 Å². The number of rotatable bonds is 8. The van der Waals surface area contributed by atoms with E-state index in [1.165, 1.54) is 22.2 Å². The van der Waals surface area contributed by atoms with Crippen molar-refractivity contribution in [3.05, 3.63) is 57.8 Å². The van der Waals surface area contributed by atoms with Crippen LogP contribution in [0.2, 0.25) is 0 Å². The summed E-state index contributed by atoms with van der Waals surface area (Å²) in [6.45, 7) is -0.0723. The van der Waals surface area contributed by atoms with Crippen LogP contribution < -0.4 is 25.1 Å². The maximum Gasteiger partial charge on any atom is 0.263 e. The number of aliphatic hydroxyl groups excluding tert-OH is 1. The average molecular weight is 486 g/mol. The van der Waals surface area contributed by atoms with Crippen molar-refractivity contribution < 1.29 is 24.1 Å². The minimum Gasteiger partial charge on any atom is -0.491 e. The van der Waals surface area contributed by atoms with Gasteiger partial charge in [-0.2, -0.15) is 0 Å². The van der Waals surface area contributed by atoms with Crippen LogP contribution in [-0.4, -0.2) is 46.6 Å². The Hall–Kier alpha value is -3.41. The number of carbonyl (C=O) groups is 1. The van der Waals surface area contributed by atoms with E-state index in [4.69, 9.17) is 14.2 Å². The second kappa shape index (κ2) is 9.22. The second-order valence-corrected chi connectivity index (χ2v) is 9.07. The summed E-state index contributed by atoms with van der Waals surface area (Å²) >= 11 is 2.94. The Balaban J connectivity index is 1.17. The molecule has 170 valence electrons. The van der Waals surface area contributed by atoms with E-state index in [0.717, 1.165) is 10.4 Å². The van der Waals surface area contributed by atoms with Crippen LogP contribution in [-0.2, 0) is 11.3 Å². The van der Waals surface area contributed by atoms with Crippen LogP contribution >= 0.6 is 22.7 Å². The summed E-state index contributed by atoms with van der Waals surface area (Å²) in [7, 11) is 0. The molecule has 4 aromatic rings. The highest BCUT2D eigenvalue weighted by Crippen LogP contribution is 2.35. The number of hydrogen-bond acceptors (Lipinski definition) is 9. The van der Waals surface area contributed by atoms with Gasteiger partial charge in [0.1, 0.15) is 29.8 Å². The molecule has 1 aromatic carbocycles. The molecule has 3 aromatic heterocycles. The maximum atomic E-state index is 13.0. The molecule has 0 saturated carbocycles. The smallest absolute Gasteiger partial charge is 0.263 e. The van der Waals surface area contributed by atoms with Gasteiger partial charge in [-0.3, -0.25) is 14.2 Å². The third-order valence-corrected chi connectivity index (χ3v) is 6.77. The molecule has 33 heavy (non-hydrogen) atoms. The summed E-state index contributed by atoms with van der Waals surface area (Å²) in [5.74, 6) is 1.34. The second-order valence-electron chi connectivity index (χ2n) is 7.27. The van der Waals surface area contributed by atoms with Gasteiger partial charge < -0.3 is 24.6 Å². The first-order valence-electron chi connectivity index (χ1n) is 10.1. The van der Waals surface area contributed by atoms with E-state index in [-0.39, 0.29) is 32.0 Å². The van der Waals surface area contributed by atoms with Gasteiger partial charge in [0, 0.05) is 28.4 Å². The summed E-state index contributed by atoms with van der Waals surface area (Å²) in [5.41, 5.74) is 0.555. The first-order chi connectivity index (χ1) is 16.1. The Morgan fingerprint density at radius 2 is 2.15 bits per heavy atom. The summed E-state index contributed by atoms with van der Waals surface area (Å²) in [6.07, 6.45) is 0.442. The van der Waals surface area contributed by atoms with E-state index in [1.54, 1.807) is 29.5 Å². The highest BCUT2D eigenvalue weighted by molar-refractivity contribution is 7.18. The van der Waals surface area contributed by atoms with Crippen LogP contribution in [0.15, 0.2) is 52.2 Å². The zero-order valence-corrected chi connectivity index (χ0v) is 18.9. The molecule has 1 amide bonds. The molecule has 0 radical (unpaired) electrons. The van der Waals surface area contributed by atoms with E-state index in [2.05, 4.69) is 10.3 Å². The molecule has 1 aliphatic rings. The number of thiophene rings is 2. The number of benzene rings is 1. The van der Waals surface area contributed by atoms with Crippen molar-refractivity contribution in [2.24, 2.45) is 0 Å². The number of aliphatic hydroxyl groups is 1. The van der Waals surface area contributed by atoms with E-state index in [0.29, 0.717) is 27.5 Å². The van der Waals surface area contributed by atoms with Gasteiger partial charge in [0.05, 0.1) is 11.7 Å². The molecule has 0 fully saturated rings. The molecule has 1 unspecified atom stereocenters. The number of hydrogen-bond donors (Lipinski definition) is 2. The highest BCUT2D eigenvalue weighted by Gasteiger charge is 2.17. The molecule has 1 atom stereocenters. The number of aromatic nitrogens is 2. The number of ether oxygens (including phenoxy) is 3. The molecule has 5 rings (SSSR count).